The van der Waals surface area contributed by atoms with Crippen LogP contribution in [0.2, 0.25) is 0 Å². The van der Waals surface area contributed by atoms with E-state index in [0.717, 1.165) is 5.56 Å². The Kier molecular flexibility index (Phi) is 11.2. The highest BCUT2D eigenvalue weighted by Crippen LogP contribution is 2.41. The molecule has 0 radical (unpaired) electrons. The Morgan fingerprint density at radius 2 is 1.36 bits per heavy atom. The Labute approximate surface area is 250 Å². The lowest BCUT2D eigenvalue weighted by atomic mass is 9.89. The summed E-state index contributed by atoms with van der Waals surface area (Å²) < 4.78 is 24.3. The van der Waals surface area contributed by atoms with Gasteiger partial charge in [-0.15, -0.1) is 22.7 Å². The first-order chi connectivity index (χ1) is 20.0. The summed E-state index contributed by atoms with van der Waals surface area (Å²) in [5, 5.41) is 78.8. The second kappa shape index (κ2) is 14.2. The first-order valence-electron chi connectivity index (χ1n) is 13.4. The molecule has 2 aromatic heterocycles. The average Bonchev–Trinajstić information content (AvgIpc) is 3.59. The van der Waals surface area contributed by atoms with Crippen LogP contribution in [-0.4, -0.2) is 123 Å². The number of benzene rings is 1. The molecule has 0 amide bonds. The predicted molar refractivity (Wildman–Crippen MR) is 154 cm³/mol. The summed E-state index contributed by atoms with van der Waals surface area (Å²) >= 11 is 3.41. The predicted octanol–water partition coefficient (Wildman–Crippen LogP) is -0.0656. The Hall–Kier alpha value is -1.92. The average molecular weight is 631 g/mol. The number of thiophene rings is 2. The van der Waals surface area contributed by atoms with Crippen molar-refractivity contribution in [3.05, 3.63) is 45.6 Å². The third-order valence-corrected chi connectivity index (χ3v) is 9.61. The van der Waals surface area contributed by atoms with Crippen LogP contribution < -0.4 is 9.47 Å². The molecular weight excluding hydrogens is 592 g/mol. The van der Waals surface area contributed by atoms with Crippen molar-refractivity contribution in [3.63, 3.8) is 0 Å². The van der Waals surface area contributed by atoms with E-state index < -0.39 is 67.6 Å². The van der Waals surface area contributed by atoms with Gasteiger partial charge in [0.1, 0.15) is 66.4 Å². The van der Waals surface area contributed by atoms with E-state index in [1.165, 1.54) is 21.4 Å². The fourth-order valence-corrected chi connectivity index (χ4v) is 7.25. The lowest BCUT2D eigenvalue weighted by Crippen LogP contribution is -2.57. The van der Waals surface area contributed by atoms with Gasteiger partial charge in [-0.25, -0.2) is 0 Å². The van der Waals surface area contributed by atoms with E-state index in [1.54, 1.807) is 42.8 Å². The quantitative estimate of drug-likeness (QED) is 0.173. The third-order valence-electron chi connectivity index (χ3n) is 7.52. The summed E-state index contributed by atoms with van der Waals surface area (Å²) in [5.41, 5.74) is 1.39. The van der Waals surface area contributed by atoms with E-state index in [0.29, 0.717) is 23.5 Å². The fraction of sp³-hybridized carbons (Fsp3) is 0.571. The number of methoxy groups -OCH3 is 2. The van der Waals surface area contributed by atoms with Gasteiger partial charge >= 0.3 is 0 Å². The van der Waals surface area contributed by atoms with Crippen LogP contribution >= 0.6 is 22.7 Å². The van der Waals surface area contributed by atoms with Gasteiger partial charge in [0, 0.05) is 32.3 Å². The van der Waals surface area contributed by atoms with Crippen LogP contribution in [0.25, 0.3) is 9.40 Å². The SMILES string of the molecule is COc1cc(OC)c([C@@H]2O[C@H](CO)[C@@H](O)[C@H](O)[C@H]2O)cc1Cc1cc2sccc2s1.C[C@@H]1O[C@H](CO)[C@@H](O)[C@H](O)[C@H]1O. The zero-order chi connectivity index (χ0) is 30.7. The standard InChI is InChI=1S/C21H24O7S2.C7H14O5/c1-26-13-8-14(27-2)12(21-20(25)19(24)18(23)15(9-22)28-21)6-10(13)5-11-7-17-16(30-11)3-4-29-17;1-3-5(9)7(11)6(10)4(2-8)12-3/h3-4,6-8,15,18-25H,5,9H2,1-2H3;3-11H,2H2,1H3/t15-,18-,19+,20-,21+;3-,4+,5-,6+,7+/m10/s1. The summed E-state index contributed by atoms with van der Waals surface area (Å²) in [6, 6.07) is 7.81. The molecular formula is C28H38O12S2. The Morgan fingerprint density at radius 1 is 0.738 bits per heavy atom. The summed E-state index contributed by atoms with van der Waals surface area (Å²) in [6.45, 7) is 0.719. The van der Waals surface area contributed by atoms with Crippen molar-refractivity contribution in [2.45, 2.75) is 74.4 Å². The maximum absolute atomic E-state index is 10.6. The van der Waals surface area contributed by atoms with Gasteiger partial charge in [0.15, 0.2) is 0 Å². The van der Waals surface area contributed by atoms with Crippen LogP contribution in [0.5, 0.6) is 11.5 Å². The van der Waals surface area contributed by atoms with E-state index in [-0.39, 0.29) is 6.61 Å². The van der Waals surface area contributed by atoms with Crippen LogP contribution in [0.15, 0.2) is 29.6 Å². The molecule has 1 aromatic carbocycles. The van der Waals surface area contributed by atoms with Gasteiger partial charge < -0.3 is 59.8 Å². The molecule has 8 N–H and O–H groups in total. The zero-order valence-corrected chi connectivity index (χ0v) is 24.9. The molecule has 0 bridgehead atoms. The number of aliphatic hydroxyl groups is 8. The second-order valence-corrected chi connectivity index (χ2v) is 12.3. The highest BCUT2D eigenvalue weighted by atomic mass is 32.1. The normalized spacial score (nSPS) is 33.2. The summed E-state index contributed by atoms with van der Waals surface area (Å²) in [5.74, 6) is 1.06. The van der Waals surface area contributed by atoms with E-state index in [1.807, 2.05) is 6.07 Å². The van der Waals surface area contributed by atoms with Gasteiger partial charge in [-0.05, 0) is 36.1 Å². The molecule has 3 aromatic rings. The molecule has 2 aliphatic rings. The monoisotopic (exact) mass is 630 g/mol. The van der Waals surface area contributed by atoms with E-state index >= 15 is 0 Å². The van der Waals surface area contributed by atoms with Crippen LogP contribution in [0.3, 0.4) is 0 Å². The number of hydrogen-bond donors (Lipinski definition) is 8. The van der Waals surface area contributed by atoms with Crippen LogP contribution in [0.4, 0.5) is 0 Å². The minimum Gasteiger partial charge on any atom is -0.496 e. The number of aliphatic hydroxyl groups excluding tert-OH is 8. The van der Waals surface area contributed by atoms with Crippen LogP contribution in [-0.2, 0) is 15.9 Å². The summed E-state index contributed by atoms with van der Waals surface area (Å²) in [4.78, 5) is 1.17. The molecule has 10 atom stereocenters. The third kappa shape index (κ3) is 6.75. The minimum atomic E-state index is -1.46. The van der Waals surface area contributed by atoms with Crippen molar-refractivity contribution < 1.29 is 59.8 Å². The Balaban J connectivity index is 0.000000283. The molecule has 42 heavy (non-hydrogen) atoms. The number of rotatable bonds is 7. The van der Waals surface area contributed by atoms with E-state index in [9.17, 15) is 35.7 Å². The molecule has 2 fully saturated rings. The molecule has 14 heteroatoms. The summed E-state index contributed by atoms with van der Waals surface area (Å²) in [7, 11) is 3.08. The van der Waals surface area contributed by atoms with Gasteiger partial charge in [0.05, 0.1) is 33.5 Å². The van der Waals surface area contributed by atoms with E-state index in [2.05, 4.69) is 17.5 Å². The molecule has 2 aliphatic heterocycles. The van der Waals surface area contributed by atoms with Crippen molar-refractivity contribution >= 4 is 32.1 Å². The number of fused-ring (bicyclic) bond motifs is 1. The van der Waals surface area contributed by atoms with Crippen molar-refractivity contribution in [2.75, 3.05) is 27.4 Å². The Morgan fingerprint density at radius 3 is 1.95 bits per heavy atom. The smallest absolute Gasteiger partial charge is 0.128 e. The lowest BCUT2D eigenvalue weighted by molar-refractivity contribution is -0.232. The van der Waals surface area contributed by atoms with Gasteiger partial charge in [0.25, 0.3) is 0 Å². The van der Waals surface area contributed by atoms with Crippen molar-refractivity contribution in [1.82, 2.24) is 0 Å². The highest BCUT2D eigenvalue weighted by Gasteiger charge is 2.45. The van der Waals surface area contributed by atoms with E-state index in [4.69, 9.17) is 24.1 Å². The molecule has 234 valence electrons. The molecule has 0 unspecified atom stereocenters. The molecule has 2 saturated heterocycles. The zero-order valence-electron chi connectivity index (χ0n) is 23.3. The van der Waals surface area contributed by atoms with Crippen molar-refractivity contribution in [2.24, 2.45) is 0 Å². The first kappa shape index (κ1) is 33.0. The van der Waals surface area contributed by atoms with Crippen LogP contribution in [0.1, 0.15) is 29.0 Å². The first-order valence-corrected chi connectivity index (χ1v) is 15.1. The number of hydrogen-bond acceptors (Lipinski definition) is 14. The summed E-state index contributed by atoms with van der Waals surface area (Å²) in [6.07, 6.45) is -10.5. The lowest BCUT2D eigenvalue weighted by Gasteiger charge is -2.40. The maximum atomic E-state index is 10.6. The fourth-order valence-electron chi connectivity index (χ4n) is 5.09. The molecule has 0 aliphatic carbocycles. The largest absolute Gasteiger partial charge is 0.496 e. The van der Waals surface area contributed by atoms with Crippen molar-refractivity contribution in [3.8, 4) is 11.5 Å². The second-order valence-electron chi connectivity index (χ2n) is 10.2. The van der Waals surface area contributed by atoms with Gasteiger partial charge in [-0.1, -0.05) is 0 Å². The van der Waals surface area contributed by atoms with Crippen LogP contribution in [0, 0.1) is 0 Å². The molecule has 4 heterocycles. The highest BCUT2D eigenvalue weighted by molar-refractivity contribution is 7.26. The molecule has 12 nitrogen and oxygen atoms in total. The minimum absolute atomic E-state index is 0.366. The maximum Gasteiger partial charge on any atom is 0.128 e. The van der Waals surface area contributed by atoms with Crippen molar-refractivity contribution in [1.29, 1.82) is 0 Å². The number of ether oxygens (including phenoxy) is 4. The Bertz CT molecular complexity index is 1260. The molecule has 0 spiro atoms. The van der Waals surface area contributed by atoms with Gasteiger partial charge in [-0.2, -0.15) is 0 Å². The topological polar surface area (TPSA) is 199 Å². The molecule has 5 rings (SSSR count). The molecule has 0 saturated carbocycles. The van der Waals surface area contributed by atoms with Gasteiger partial charge in [0.2, 0.25) is 0 Å². The van der Waals surface area contributed by atoms with Gasteiger partial charge in [-0.3, -0.25) is 0 Å².